The third-order valence-corrected chi connectivity index (χ3v) is 6.89. The lowest BCUT2D eigenvalue weighted by Gasteiger charge is -2.36. The smallest absolute Gasteiger partial charge is 0.310 e. The Balaban J connectivity index is 1.54. The van der Waals surface area contributed by atoms with Crippen molar-refractivity contribution in [3.8, 4) is 0 Å². The summed E-state index contributed by atoms with van der Waals surface area (Å²) in [6, 6.07) is 20.9. The Morgan fingerprint density at radius 2 is 1.43 bits per heavy atom. The van der Waals surface area contributed by atoms with E-state index in [1.54, 1.807) is 0 Å². The monoisotopic (exact) mass is 376 g/mol. The van der Waals surface area contributed by atoms with Gasteiger partial charge in [-0.15, -0.1) is 0 Å². The van der Waals surface area contributed by atoms with Gasteiger partial charge in [0.15, 0.2) is 0 Å². The van der Waals surface area contributed by atoms with E-state index in [0.717, 1.165) is 6.42 Å². The zero-order valence-corrected chi connectivity index (χ0v) is 17.3. The molecule has 0 aromatic heterocycles. The van der Waals surface area contributed by atoms with Crippen LogP contribution < -0.4 is 0 Å². The van der Waals surface area contributed by atoms with Gasteiger partial charge in [-0.1, -0.05) is 87.9 Å². The molecule has 0 heterocycles. The second-order valence-corrected chi connectivity index (χ2v) is 9.20. The molecule has 0 spiro atoms. The molecule has 2 aromatic carbocycles. The third kappa shape index (κ3) is 3.87. The van der Waals surface area contributed by atoms with Crippen molar-refractivity contribution in [2.75, 3.05) is 0 Å². The zero-order valence-electron chi connectivity index (χ0n) is 17.3. The minimum atomic E-state index is -0.0603. The first-order chi connectivity index (χ1) is 13.6. The lowest BCUT2D eigenvalue weighted by Crippen LogP contribution is -2.36. The Kier molecular flexibility index (Phi) is 5.57. The van der Waals surface area contributed by atoms with Crippen LogP contribution in [0.15, 0.2) is 60.7 Å². The quantitative estimate of drug-likeness (QED) is 0.582. The number of ether oxygens (including phenoxy) is 1. The highest BCUT2D eigenvalue weighted by atomic mass is 16.5. The molecule has 2 aromatic rings. The van der Waals surface area contributed by atoms with Crippen molar-refractivity contribution in [2.24, 2.45) is 23.7 Å². The van der Waals surface area contributed by atoms with Gasteiger partial charge in [0.2, 0.25) is 0 Å². The van der Waals surface area contributed by atoms with Gasteiger partial charge in [-0.05, 0) is 41.7 Å². The van der Waals surface area contributed by atoms with Gasteiger partial charge in [0.25, 0.3) is 0 Å². The maximum atomic E-state index is 13.3. The van der Waals surface area contributed by atoms with Gasteiger partial charge < -0.3 is 4.74 Å². The normalized spacial score (nSPS) is 32.1. The van der Waals surface area contributed by atoms with Crippen LogP contribution in [0.25, 0.3) is 0 Å². The van der Waals surface area contributed by atoms with Crippen LogP contribution in [0.3, 0.4) is 0 Å². The Labute approximate surface area is 169 Å². The average Bonchev–Trinajstić information content (AvgIpc) is 3.45. The molecule has 2 heteroatoms. The average molecular weight is 377 g/mol. The van der Waals surface area contributed by atoms with E-state index < -0.39 is 0 Å². The van der Waals surface area contributed by atoms with Crippen molar-refractivity contribution in [3.05, 3.63) is 71.8 Å². The molecule has 148 valence electrons. The molecule has 5 atom stereocenters. The summed E-state index contributed by atoms with van der Waals surface area (Å²) in [5.74, 6) is 2.09. The highest BCUT2D eigenvalue weighted by Gasteiger charge is 2.57. The van der Waals surface area contributed by atoms with E-state index in [9.17, 15) is 4.79 Å². The maximum Gasteiger partial charge on any atom is 0.310 e. The van der Waals surface area contributed by atoms with E-state index in [-0.39, 0.29) is 29.8 Å². The number of benzene rings is 2. The first-order valence-corrected chi connectivity index (χ1v) is 10.9. The van der Waals surface area contributed by atoms with Crippen molar-refractivity contribution in [1.82, 2.24) is 0 Å². The van der Waals surface area contributed by atoms with Gasteiger partial charge in [-0.3, -0.25) is 4.79 Å². The summed E-state index contributed by atoms with van der Waals surface area (Å²) in [5, 5.41) is 0. The van der Waals surface area contributed by atoms with Gasteiger partial charge in [-0.2, -0.15) is 0 Å². The fourth-order valence-corrected chi connectivity index (χ4v) is 5.26. The molecule has 2 saturated carbocycles. The number of rotatable bonds is 5. The highest BCUT2D eigenvalue weighted by Crippen LogP contribution is 2.61. The number of esters is 1. The van der Waals surface area contributed by atoms with Crippen LogP contribution in [-0.2, 0) is 9.53 Å². The highest BCUT2D eigenvalue weighted by molar-refractivity contribution is 5.80. The zero-order chi connectivity index (χ0) is 19.7. The molecule has 28 heavy (non-hydrogen) atoms. The number of hydrogen-bond donors (Lipinski definition) is 0. The van der Waals surface area contributed by atoms with E-state index >= 15 is 0 Å². The summed E-state index contributed by atoms with van der Waals surface area (Å²) < 4.78 is 6.22. The summed E-state index contributed by atoms with van der Waals surface area (Å²) >= 11 is 0. The fourth-order valence-electron chi connectivity index (χ4n) is 5.26. The van der Waals surface area contributed by atoms with E-state index in [2.05, 4.69) is 69.3 Å². The Morgan fingerprint density at radius 3 is 1.93 bits per heavy atom. The van der Waals surface area contributed by atoms with Crippen LogP contribution in [0.5, 0.6) is 0 Å². The molecule has 2 fully saturated rings. The second-order valence-electron chi connectivity index (χ2n) is 9.20. The van der Waals surface area contributed by atoms with Crippen molar-refractivity contribution in [2.45, 2.75) is 58.0 Å². The lowest BCUT2D eigenvalue weighted by atomic mass is 9.75. The summed E-state index contributed by atoms with van der Waals surface area (Å²) in [5.41, 5.74) is 2.49. The van der Waals surface area contributed by atoms with Crippen molar-refractivity contribution >= 4 is 5.97 Å². The molecule has 0 unspecified atom stereocenters. The van der Waals surface area contributed by atoms with E-state index in [1.807, 2.05) is 12.1 Å². The second kappa shape index (κ2) is 8.11. The van der Waals surface area contributed by atoms with Gasteiger partial charge in [0, 0.05) is 11.8 Å². The number of carbonyl (C=O) groups excluding carboxylic acids is 1. The molecular formula is C26H32O2. The van der Waals surface area contributed by atoms with Crippen molar-refractivity contribution < 1.29 is 9.53 Å². The van der Waals surface area contributed by atoms with Crippen molar-refractivity contribution in [1.29, 1.82) is 0 Å². The standard InChI is InChI=1S/C26H32O2/c1-17(2)21-15-14-18(3)16-22(21)28-26(27)25-23(19-10-6-4-7-11-19)24(25)20-12-8-5-9-13-20/h4-13,17-18,21-25H,14-16H2,1-3H3/t18-,21-,22+,23-,24-/m1/s1. The molecule has 0 amide bonds. The predicted molar refractivity (Wildman–Crippen MR) is 113 cm³/mol. The molecule has 2 nitrogen and oxygen atoms in total. The topological polar surface area (TPSA) is 26.3 Å². The minimum Gasteiger partial charge on any atom is -0.462 e. The molecule has 0 aliphatic heterocycles. The first kappa shape index (κ1) is 19.2. The van der Waals surface area contributed by atoms with Crippen LogP contribution in [0.2, 0.25) is 0 Å². The summed E-state index contributed by atoms with van der Waals surface area (Å²) in [4.78, 5) is 13.3. The van der Waals surface area contributed by atoms with Crippen LogP contribution in [0.1, 0.15) is 63.0 Å². The molecule has 0 saturated heterocycles. The number of hydrogen-bond acceptors (Lipinski definition) is 2. The van der Waals surface area contributed by atoms with E-state index in [4.69, 9.17) is 4.74 Å². The molecule has 0 bridgehead atoms. The maximum absolute atomic E-state index is 13.3. The predicted octanol–water partition coefficient (Wildman–Crippen LogP) is 6.19. The van der Waals surface area contributed by atoms with E-state index in [1.165, 1.54) is 24.0 Å². The van der Waals surface area contributed by atoms with Gasteiger partial charge in [0.1, 0.15) is 6.10 Å². The third-order valence-electron chi connectivity index (χ3n) is 6.89. The Morgan fingerprint density at radius 1 is 0.893 bits per heavy atom. The molecule has 2 aliphatic carbocycles. The summed E-state index contributed by atoms with van der Waals surface area (Å²) in [6.07, 6.45) is 3.50. The molecule has 0 N–H and O–H groups in total. The minimum absolute atomic E-state index is 0.00690. The molecular weight excluding hydrogens is 344 g/mol. The lowest BCUT2D eigenvalue weighted by molar-refractivity contribution is -0.157. The van der Waals surface area contributed by atoms with Crippen LogP contribution in [-0.4, -0.2) is 12.1 Å². The fraction of sp³-hybridized carbons (Fsp3) is 0.500. The van der Waals surface area contributed by atoms with Gasteiger partial charge >= 0.3 is 5.97 Å². The van der Waals surface area contributed by atoms with E-state index in [0.29, 0.717) is 17.8 Å². The van der Waals surface area contributed by atoms with Crippen LogP contribution in [0.4, 0.5) is 0 Å². The first-order valence-electron chi connectivity index (χ1n) is 10.9. The van der Waals surface area contributed by atoms with Crippen LogP contribution in [0, 0.1) is 23.7 Å². The summed E-state index contributed by atoms with van der Waals surface area (Å²) in [7, 11) is 0. The van der Waals surface area contributed by atoms with Crippen molar-refractivity contribution in [3.63, 3.8) is 0 Å². The SMILES string of the molecule is CC(C)[C@H]1CC[C@@H](C)C[C@@H]1OC(=O)C1[C@H](c2ccccc2)[C@H]1c1ccccc1. The Hall–Kier alpha value is -2.09. The molecule has 2 aliphatic rings. The van der Waals surface area contributed by atoms with Crippen LogP contribution >= 0.6 is 0 Å². The van der Waals surface area contributed by atoms with Gasteiger partial charge in [0.05, 0.1) is 5.92 Å². The summed E-state index contributed by atoms with van der Waals surface area (Å²) in [6.45, 7) is 6.81. The molecule has 4 rings (SSSR count). The van der Waals surface area contributed by atoms with Gasteiger partial charge in [-0.25, -0.2) is 0 Å². The molecule has 0 radical (unpaired) electrons. The Bertz CT molecular complexity index is 737. The number of carbonyl (C=O) groups is 1. The largest absolute Gasteiger partial charge is 0.462 e.